The summed E-state index contributed by atoms with van der Waals surface area (Å²) in [5.74, 6) is 0.520. The van der Waals surface area contributed by atoms with Crippen LogP contribution in [0, 0.1) is 0 Å². The Morgan fingerprint density at radius 3 is 2.83 bits per heavy atom. The molecule has 18 heavy (non-hydrogen) atoms. The molecule has 0 unspecified atom stereocenters. The number of benzene rings is 1. The average molecular weight is 252 g/mol. The number of likely N-dealkylation sites (N-methyl/N-ethyl adjacent to an activating group) is 1. The van der Waals surface area contributed by atoms with Gasteiger partial charge in [-0.25, -0.2) is 0 Å². The number of nitrogens with two attached hydrogens (primary N) is 1. The van der Waals surface area contributed by atoms with E-state index < -0.39 is 11.7 Å². The number of rotatable bonds is 2. The summed E-state index contributed by atoms with van der Waals surface area (Å²) in [7, 11) is 3.46. The summed E-state index contributed by atoms with van der Waals surface area (Å²) < 4.78 is 5.15. The van der Waals surface area contributed by atoms with E-state index in [1.807, 2.05) is 11.9 Å². The predicted molar refractivity (Wildman–Crippen MR) is 69.4 cm³/mol. The normalized spacial score (nSPS) is 29.2. The van der Waals surface area contributed by atoms with E-state index in [-0.39, 0.29) is 0 Å². The van der Waals surface area contributed by atoms with Gasteiger partial charge in [-0.3, -0.25) is 0 Å². The molecule has 0 aliphatic carbocycles. The van der Waals surface area contributed by atoms with E-state index in [0.29, 0.717) is 30.0 Å². The first kappa shape index (κ1) is 13.1. The number of likely N-dealkylation sites (tertiary alicyclic amines) is 1. The largest absolute Gasteiger partial charge is 0.495 e. The Hall–Kier alpha value is -1.30. The van der Waals surface area contributed by atoms with Crippen LogP contribution in [0.15, 0.2) is 18.2 Å². The molecule has 5 heteroatoms. The number of hydrogen-bond acceptors (Lipinski definition) is 5. The molecule has 1 aromatic rings. The third-order valence-corrected chi connectivity index (χ3v) is 3.64. The van der Waals surface area contributed by atoms with Crippen LogP contribution in [0.4, 0.5) is 5.69 Å². The lowest BCUT2D eigenvalue weighted by atomic mass is 9.82. The third kappa shape index (κ3) is 2.16. The molecule has 0 saturated carbocycles. The number of hydrogen-bond donors (Lipinski definition) is 3. The van der Waals surface area contributed by atoms with Crippen molar-refractivity contribution >= 4 is 5.69 Å². The summed E-state index contributed by atoms with van der Waals surface area (Å²) in [6, 6.07) is 5.13. The lowest BCUT2D eigenvalue weighted by molar-refractivity contribution is -0.120. The molecule has 100 valence electrons. The van der Waals surface area contributed by atoms with Crippen molar-refractivity contribution in [1.82, 2.24) is 4.90 Å². The molecular formula is C13H20N2O3. The van der Waals surface area contributed by atoms with Gasteiger partial charge in [0.25, 0.3) is 0 Å². The second kappa shape index (κ2) is 4.76. The predicted octanol–water partition coefficient (Wildman–Crippen LogP) is 0.161. The summed E-state index contributed by atoms with van der Waals surface area (Å²) in [4.78, 5) is 1.99. The topological polar surface area (TPSA) is 79.0 Å². The van der Waals surface area contributed by atoms with E-state index in [9.17, 15) is 10.2 Å². The summed E-state index contributed by atoms with van der Waals surface area (Å²) in [6.07, 6.45) is -0.331. The van der Waals surface area contributed by atoms with Crippen molar-refractivity contribution in [2.24, 2.45) is 0 Å². The van der Waals surface area contributed by atoms with Gasteiger partial charge in [-0.05, 0) is 31.2 Å². The van der Waals surface area contributed by atoms with Gasteiger partial charge in [0.05, 0.1) is 18.9 Å². The van der Waals surface area contributed by atoms with Gasteiger partial charge < -0.3 is 25.6 Å². The summed E-state index contributed by atoms with van der Waals surface area (Å²) in [5, 5.41) is 20.8. The van der Waals surface area contributed by atoms with Crippen LogP contribution in [0.25, 0.3) is 0 Å². The number of β-amino-alcohol motifs (C(OH)–C–C–N with tert-alkyl or cyclic N) is 1. The van der Waals surface area contributed by atoms with E-state index in [4.69, 9.17) is 10.5 Å². The van der Waals surface area contributed by atoms with Crippen LogP contribution in [-0.2, 0) is 5.60 Å². The molecule has 0 aromatic heterocycles. The minimum Gasteiger partial charge on any atom is -0.495 e. The molecule has 1 aliphatic rings. The van der Waals surface area contributed by atoms with Gasteiger partial charge in [-0.2, -0.15) is 0 Å². The minimum atomic E-state index is -1.23. The second-order valence-corrected chi connectivity index (χ2v) is 4.91. The first-order valence-electron chi connectivity index (χ1n) is 6.00. The van der Waals surface area contributed by atoms with Crippen molar-refractivity contribution in [2.75, 3.05) is 33.0 Å². The lowest BCUT2D eigenvalue weighted by Crippen LogP contribution is -2.52. The van der Waals surface area contributed by atoms with Crippen molar-refractivity contribution in [3.63, 3.8) is 0 Å². The van der Waals surface area contributed by atoms with Crippen molar-refractivity contribution in [2.45, 2.75) is 18.1 Å². The number of nitrogens with zero attached hydrogens (tertiary/aromatic N) is 1. The maximum Gasteiger partial charge on any atom is 0.142 e. The van der Waals surface area contributed by atoms with Gasteiger partial charge in [-0.1, -0.05) is 6.07 Å². The Morgan fingerprint density at radius 2 is 2.22 bits per heavy atom. The van der Waals surface area contributed by atoms with Crippen LogP contribution in [-0.4, -0.2) is 48.5 Å². The average Bonchev–Trinajstić information content (AvgIpc) is 2.35. The molecule has 1 fully saturated rings. The highest BCUT2D eigenvalue weighted by molar-refractivity contribution is 5.55. The summed E-state index contributed by atoms with van der Waals surface area (Å²) in [5.41, 5.74) is 5.69. The number of aliphatic hydroxyl groups is 2. The second-order valence-electron chi connectivity index (χ2n) is 4.91. The maximum atomic E-state index is 10.7. The monoisotopic (exact) mass is 252 g/mol. The molecule has 0 radical (unpaired) electrons. The Labute approximate surface area is 107 Å². The van der Waals surface area contributed by atoms with Crippen LogP contribution >= 0.6 is 0 Å². The first-order chi connectivity index (χ1) is 8.47. The number of nitrogen functional groups attached to an aromatic ring is 1. The highest BCUT2D eigenvalue weighted by Gasteiger charge is 2.41. The number of ether oxygens (including phenoxy) is 1. The van der Waals surface area contributed by atoms with Crippen molar-refractivity contribution in [3.8, 4) is 5.75 Å². The quantitative estimate of drug-likeness (QED) is 0.654. The van der Waals surface area contributed by atoms with Gasteiger partial charge in [0.1, 0.15) is 11.4 Å². The van der Waals surface area contributed by atoms with E-state index in [2.05, 4.69) is 0 Å². The summed E-state index contributed by atoms with van der Waals surface area (Å²) in [6.45, 7) is 1.18. The SMILES string of the molecule is COc1cc([C@@]2(O)CCN(C)C[C@@H]2O)ccc1N. The Balaban J connectivity index is 2.35. The number of piperidine rings is 1. The van der Waals surface area contributed by atoms with E-state index in [1.165, 1.54) is 7.11 Å². The van der Waals surface area contributed by atoms with E-state index in [0.717, 1.165) is 6.54 Å². The zero-order valence-corrected chi connectivity index (χ0v) is 10.8. The minimum absolute atomic E-state index is 0.448. The summed E-state index contributed by atoms with van der Waals surface area (Å²) >= 11 is 0. The number of methoxy groups -OCH3 is 1. The molecule has 0 spiro atoms. The Bertz CT molecular complexity index is 438. The van der Waals surface area contributed by atoms with Crippen LogP contribution in [0.2, 0.25) is 0 Å². The van der Waals surface area contributed by atoms with Gasteiger partial charge in [0.15, 0.2) is 0 Å². The molecule has 5 nitrogen and oxygen atoms in total. The highest BCUT2D eigenvalue weighted by atomic mass is 16.5. The highest BCUT2D eigenvalue weighted by Crippen LogP contribution is 2.36. The Morgan fingerprint density at radius 1 is 1.50 bits per heavy atom. The van der Waals surface area contributed by atoms with Crippen LogP contribution < -0.4 is 10.5 Å². The van der Waals surface area contributed by atoms with Gasteiger partial charge in [0, 0.05) is 13.1 Å². The van der Waals surface area contributed by atoms with Crippen molar-refractivity contribution < 1.29 is 14.9 Å². The molecule has 2 rings (SSSR count). The molecule has 2 atom stereocenters. The number of anilines is 1. The Kier molecular flexibility index (Phi) is 3.47. The standard InChI is InChI=1S/C13H20N2O3/c1-15-6-5-13(17,12(16)8-15)9-3-4-10(14)11(7-9)18-2/h3-4,7,12,16-17H,5-6,8,14H2,1-2H3/t12-,13-/m0/s1. The van der Waals surface area contributed by atoms with E-state index >= 15 is 0 Å². The van der Waals surface area contributed by atoms with Crippen molar-refractivity contribution in [1.29, 1.82) is 0 Å². The van der Waals surface area contributed by atoms with Crippen LogP contribution in [0.1, 0.15) is 12.0 Å². The fraction of sp³-hybridized carbons (Fsp3) is 0.538. The molecule has 1 saturated heterocycles. The van der Waals surface area contributed by atoms with Gasteiger partial charge in [0.2, 0.25) is 0 Å². The maximum absolute atomic E-state index is 10.7. The molecular weight excluding hydrogens is 232 g/mol. The smallest absolute Gasteiger partial charge is 0.142 e. The molecule has 0 bridgehead atoms. The molecule has 0 amide bonds. The van der Waals surface area contributed by atoms with Crippen molar-refractivity contribution in [3.05, 3.63) is 23.8 Å². The fourth-order valence-corrected chi connectivity index (χ4v) is 2.38. The molecule has 4 N–H and O–H groups in total. The molecule has 1 aliphatic heterocycles. The number of aliphatic hydroxyl groups excluding tert-OH is 1. The fourth-order valence-electron chi connectivity index (χ4n) is 2.38. The van der Waals surface area contributed by atoms with Gasteiger partial charge >= 0.3 is 0 Å². The third-order valence-electron chi connectivity index (χ3n) is 3.64. The van der Waals surface area contributed by atoms with E-state index in [1.54, 1.807) is 18.2 Å². The first-order valence-corrected chi connectivity index (χ1v) is 6.00. The lowest BCUT2D eigenvalue weighted by Gasteiger charge is -2.41. The zero-order chi connectivity index (χ0) is 13.3. The molecule has 1 aromatic carbocycles. The molecule has 1 heterocycles. The van der Waals surface area contributed by atoms with Gasteiger partial charge in [-0.15, -0.1) is 0 Å². The van der Waals surface area contributed by atoms with Crippen LogP contribution in [0.5, 0.6) is 5.75 Å². The van der Waals surface area contributed by atoms with Crippen LogP contribution in [0.3, 0.4) is 0 Å². The zero-order valence-electron chi connectivity index (χ0n) is 10.8.